The van der Waals surface area contributed by atoms with Gasteiger partial charge in [-0.1, -0.05) is 25.1 Å². The highest BCUT2D eigenvalue weighted by molar-refractivity contribution is 5.91. The van der Waals surface area contributed by atoms with Gasteiger partial charge in [-0.2, -0.15) is 0 Å². The zero-order chi connectivity index (χ0) is 20.3. The molecule has 1 amide bonds. The van der Waals surface area contributed by atoms with Crippen LogP contribution in [0.5, 0.6) is 11.5 Å². The molecule has 6 nitrogen and oxygen atoms in total. The van der Waals surface area contributed by atoms with Crippen LogP contribution in [-0.2, 0) is 14.3 Å². The molecule has 3 rings (SSSR count). The Morgan fingerprint density at radius 2 is 1.93 bits per heavy atom. The second kappa shape index (κ2) is 8.02. The highest BCUT2D eigenvalue weighted by atomic mass is 16.6. The van der Waals surface area contributed by atoms with E-state index in [0.29, 0.717) is 35.8 Å². The van der Waals surface area contributed by atoms with Crippen LogP contribution in [-0.4, -0.2) is 35.5 Å². The summed E-state index contributed by atoms with van der Waals surface area (Å²) in [6.45, 7) is 8.51. The van der Waals surface area contributed by atoms with E-state index in [-0.39, 0.29) is 11.9 Å². The fraction of sp³-hybridized carbons (Fsp3) is 0.364. The number of anilines is 1. The highest BCUT2D eigenvalue weighted by Gasteiger charge is 2.41. The number of rotatable bonds is 5. The number of nitrogens with one attached hydrogen (secondary N) is 1. The van der Waals surface area contributed by atoms with Gasteiger partial charge in [-0.15, -0.1) is 0 Å². The number of carbonyl (C=O) groups is 2. The Labute approximate surface area is 165 Å². The number of hydrogen-bond donors (Lipinski definition) is 1. The zero-order valence-corrected chi connectivity index (χ0v) is 16.7. The van der Waals surface area contributed by atoms with E-state index in [1.807, 2.05) is 51.1 Å². The zero-order valence-electron chi connectivity index (χ0n) is 16.7. The van der Waals surface area contributed by atoms with Crippen LogP contribution < -0.4 is 10.1 Å². The van der Waals surface area contributed by atoms with Crippen LogP contribution in [0, 0.1) is 0 Å². The van der Waals surface area contributed by atoms with E-state index >= 15 is 0 Å². The van der Waals surface area contributed by atoms with Crippen molar-refractivity contribution in [3.8, 4) is 11.5 Å². The van der Waals surface area contributed by atoms with E-state index in [9.17, 15) is 9.59 Å². The minimum atomic E-state index is -0.612. The third-order valence-corrected chi connectivity index (χ3v) is 4.56. The molecule has 2 aromatic carbocycles. The molecule has 1 saturated heterocycles. The fourth-order valence-electron chi connectivity index (χ4n) is 3.47. The van der Waals surface area contributed by atoms with Crippen LogP contribution in [0.15, 0.2) is 48.5 Å². The predicted molar refractivity (Wildman–Crippen MR) is 107 cm³/mol. The average Bonchev–Trinajstić information content (AvgIpc) is 2.62. The minimum Gasteiger partial charge on any atom is -0.457 e. The number of para-hydroxylation sites is 1. The van der Waals surface area contributed by atoms with Gasteiger partial charge in [-0.05, 0) is 50.7 Å². The van der Waals surface area contributed by atoms with Crippen molar-refractivity contribution in [2.45, 2.75) is 39.3 Å². The molecule has 0 radical (unpaired) electrons. The van der Waals surface area contributed by atoms with Gasteiger partial charge < -0.3 is 14.8 Å². The summed E-state index contributed by atoms with van der Waals surface area (Å²) in [7, 11) is 0. The number of nitrogens with zero attached hydrogens (tertiary/aromatic N) is 1. The molecule has 0 aromatic heterocycles. The Morgan fingerprint density at radius 3 is 2.57 bits per heavy atom. The largest absolute Gasteiger partial charge is 0.457 e. The predicted octanol–water partition coefficient (Wildman–Crippen LogP) is 4.14. The number of carbonyl (C=O) groups excluding carboxylic acids is 2. The first kappa shape index (κ1) is 19.9. The van der Waals surface area contributed by atoms with Gasteiger partial charge in [0.25, 0.3) is 0 Å². The maximum Gasteiger partial charge on any atom is 0.328 e. The smallest absolute Gasteiger partial charge is 0.328 e. The van der Waals surface area contributed by atoms with Crippen molar-refractivity contribution in [2.75, 3.05) is 18.4 Å². The van der Waals surface area contributed by atoms with Gasteiger partial charge in [0.2, 0.25) is 5.91 Å². The van der Waals surface area contributed by atoms with E-state index in [2.05, 4.69) is 10.2 Å². The number of amides is 1. The lowest BCUT2D eigenvalue weighted by Crippen LogP contribution is -2.52. The molecule has 1 atom stereocenters. The van der Waals surface area contributed by atoms with Gasteiger partial charge in [0.15, 0.2) is 0 Å². The Kier molecular flexibility index (Phi) is 5.70. The Bertz CT molecular complexity index is 864. The highest BCUT2D eigenvalue weighted by Crippen LogP contribution is 2.37. The first-order chi connectivity index (χ1) is 13.3. The molecular weight excluding hydrogens is 356 g/mol. The quantitative estimate of drug-likeness (QED) is 0.788. The van der Waals surface area contributed by atoms with Crippen LogP contribution in [0.1, 0.15) is 39.3 Å². The van der Waals surface area contributed by atoms with Crippen molar-refractivity contribution in [1.82, 2.24) is 4.90 Å². The van der Waals surface area contributed by atoms with Gasteiger partial charge in [0.1, 0.15) is 23.1 Å². The molecule has 1 fully saturated rings. The molecule has 0 saturated carbocycles. The van der Waals surface area contributed by atoms with E-state index in [1.165, 1.54) is 6.92 Å². The normalized spacial score (nSPS) is 19.0. The van der Waals surface area contributed by atoms with Crippen molar-refractivity contribution in [1.29, 1.82) is 0 Å². The summed E-state index contributed by atoms with van der Waals surface area (Å²) in [5.74, 6) is 0.747. The summed E-state index contributed by atoms with van der Waals surface area (Å²) in [6, 6.07) is 14.1. The molecule has 1 N–H and O–H groups in total. The number of hydrogen-bond acceptors (Lipinski definition) is 5. The molecular formula is C22H26N2O4. The summed E-state index contributed by atoms with van der Waals surface area (Å²) < 4.78 is 11.6. The summed E-state index contributed by atoms with van der Waals surface area (Å²) in [4.78, 5) is 26.6. The number of likely N-dealkylation sites (N-methyl/N-ethyl adjacent to an activating group) is 1. The van der Waals surface area contributed by atoms with Gasteiger partial charge in [-0.25, -0.2) is 4.79 Å². The van der Waals surface area contributed by atoms with E-state index < -0.39 is 11.6 Å². The molecule has 148 valence electrons. The Morgan fingerprint density at radius 1 is 1.21 bits per heavy atom. The maximum absolute atomic E-state index is 12.9. The number of morpholine rings is 1. The van der Waals surface area contributed by atoms with E-state index in [1.54, 1.807) is 18.2 Å². The SMILES string of the molecule is CCN1CC(C)(C)OC(=O)C1c1cc(Oc2ccccc2)ccc1NC(C)=O. The van der Waals surface area contributed by atoms with Crippen molar-refractivity contribution >= 4 is 17.6 Å². The van der Waals surface area contributed by atoms with Crippen LogP contribution in [0.4, 0.5) is 5.69 Å². The summed E-state index contributed by atoms with van der Waals surface area (Å²) >= 11 is 0. The lowest BCUT2D eigenvalue weighted by atomic mass is 9.97. The number of cyclic esters (lactones) is 1. The van der Waals surface area contributed by atoms with Crippen LogP contribution in [0.3, 0.4) is 0 Å². The summed E-state index contributed by atoms with van der Waals surface area (Å²) in [5, 5.41) is 2.82. The first-order valence-electron chi connectivity index (χ1n) is 9.40. The minimum absolute atomic E-state index is 0.203. The molecule has 0 spiro atoms. The molecule has 0 bridgehead atoms. The van der Waals surface area contributed by atoms with Gasteiger partial charge in [-0.3, -0.25) is 9.69 Å². The average molecular weight is 382 g/mol. The fourth-order valence-corrected chi connectivity index (χ4v) is 3.47. The monoisotopic (exact) mass is 382 g/mol. The molecule has 1 heterocycles. The summed E-state index contributed by atoms with van der Waals surface area (Å²) in [6.07, 6.45) is 0. The van der Waals surface area contributed by atoms with Crippen molar-refractivity contribution in [3.05, 3.63) is 54.1 Å². The third kappa shape index (κ3) is 4.51. The van der Waals surface area contributed by atoms with Crippen molar-refractivity contribution in [3.63, 3.8) is 0 Å². The van der Waals surface area contributed by atoms with Gasteiger partial charge in [0.05, 0.1) is 0 Å². The molecule has 0 aliphatic carbocycles. The lowest BCUT2D eigenvalue weighted by molar-refractivity contribution is -0.178. The second-order valence-electron chi connectivity index (χ2n) is 7.49. The summed E-state index contributed by atoms with van der Waals surface area (Å²) in [5.41, 5.74) is 0.676. The molecule has 1 aliphatic rings. The number of ether oxygens (including phenoxy) is 2. The lowest BCUT2D eigenvalue weighted by Gasteiger charge is -2.42. The molecule has 6 heteroatoms. The number of benzene rings is 2. The van der Waals surface area contributed by atoms with Gasteiger partial charge >= 0.3 is 5.97 Å². The standard InChI is InChI=1S/C22H26N2O4/c1-5-24-14-22(3,4)28-21(26)20(24)18-13-17(11-12-19(18)23-15(2)25)27-16-9-7-6-8-10-16/h6-13,20H,5,14H2,1-4H3,(H,23,25). The Balaban J connectivity index is 2.01. The van der Waals surface area contributed by atoms with Crippen LogP contribution in [0.25, 0.3) is 0 Å². The van der Waals surface area contributed by atoms with Gasteiger partial charge in [0, 0.05) is 24.7 Å². The second-order valence-corrected chi connectivity index (χ2v) is 7.49. The third-order valence-electron chi connectivity index (χ3n) is 4.56. The van der Waals surface area contributed by atoms with Crippen LogP contribution in [0.2, 0.25) is 0 Å². The van der Waals surface area contributed by atoms with E-state index in [4.69, 9.17) is 9.47 Å². The first-order valence-corrected chi connectivity index (χ1v) is 9.40. The Hall–Kier alpha value is -2.86. The maximum atomic E-state index is 12.9. The van der Waals surface area contributed by atoms with E-state index in [0.717, 1.165) is 0 Å². The van der Waals surface area contributed by atoms with Crippen LogP contribution >= 0.6 is 0 Å². The topological polar surface area (TPSA) is 67.9 Å². The molecule has 2 aromatic rings. The van der Waals surface area contributed by atoms with Crippen molar-refractivity contribution < 1.29 is 19.1 Å². The molecule has 1 unspecified atom stereocenters. The molecule has 28 heavy (non-hydrogen) atoms. The molecule has 1 aliphatic heterocycles. The number of esters is 1. The van der Waals surface area contributed by atoms with Crippen molar-refractivity contribution in [2.24, 2.45) is 0 Å².